The summed E-state index contributed by atoms with van der Waals surface area (Å²) < 4.78 is 15.9. The Morgan fingerprint density at radius 1 is 0.833 bits per heavy atom. The Bertz CT molecular complexity index is 638. The number of hydrogen-bond donors (Lipinski definition) is 0. The minimum atomic E-state index is -0.501. The molecule has 0 N–H and O–H groups in total. The minimum Gasteiger partial charge on any atom is -0.495 e. The van der Waals surface area contributed by atoms with Gasteiger partial charge in [0.15, 0.2) is 0 Å². The fourth-order valence-corrected chi connectivity index (χ4v) is 2.50. The number of carbonyl (C=O) groups is 2. The predicted octanol–water partition coefficient (Wildman–Crippen LogP) is 3.93. The molecular formula is C19H22O5. The molecule has 0 aromatic heterocycles. The van der Waals surface area contributed by atoms with Crippen LogP contribution < -0.4 is 4.74 Å². The minimum absolute atomic E-state index is 0.207. The molecule has 0 aromatic carbocycles. The van der Waals surface area contributed by atoms with E-state index in [9.17, 15) is 9.59 Å². The predicted molar refractivity (Wildman–Crippen MR) is 90.8 cm³/mol. The van der Waals surface area contributed by atoms with Gasteiger partial charge in [-0.15, -0.1) is 0 Å². The van der Waals surface area contributed by atoms with Crippen molar-refractivity contribution in [3.8, 4) is 16.9 Å². The summed E-state index contributed by atoms with van der Waals surface area (Å²) in [5.41, 5.74) is 1.75. The summed E-state index contributed by atoms with van der Waals surface area (Å²) in [6, 6.07) is 8.99. The van der Waals surface area contributed by atoms with Crippen LogP contribution in [-0.4, -0.2) is 32.3 Å². The second-order valence-electron chi connectivity index (χ2n) is 5.29. The lowest BCUT2D eigenvalue weighted by molar-refractivity contribution is 0.0501. The Morgan fingerprint density at radius 3 is 1.67 bits per heavy atom. The third-order valence-electron chi connectivity index (χ3n) is 3.52. The Morgan fingerprint density at radius 2 is 1.29 bits per heavy atom. The first kappa shape index (κ1) is 17.8. The van der Waals surface area contributed by atoms with Crippen molar-refractivity contribution in [2.24, 2.45) is 0 Å². The fourth-order valence-electron chi connectivity index (χ4n) is 2.50. The lowest BCUT2D eigenvalue weighted by Crippen LogP contribution is -2.09. The molecule has 0 aliphatic heterocycles. The Labute approximate surface area is 141 Å². The van der Waals surface area contributed by atoms with E-state index in [1.807, 2.05) is 19.9 Å². The van der Waals surface area contributed by atoms with Gasteiger partial charge in [0.05, 0.1) is 20.3 Å². The smallest absolute Gasteiger partial charge is 0.342 e. The van der Waals surface area contributed by atoms with E-state index in [0.717, 1.165) is 0 Å². The van der Waals surface area contributed by atoms with E-state index in [2.05, 4.69) is 0 Å². The van der Waals surface area contributed by atoms with Gasteiger partial charge in [0.1, 0.15) is 16.9 Å². The number of ether oxygens (including phenoxy) is 3. The van der Waals surface area contributed by atoms with Gasteiger partial charge in [0, 0.05) is 11.1 Å². The maximum atomic E-state index is 12.5. The van der Waals surface area contributed by atoms with Crippen molar-refractivity contribution < 1.29 is 23.8 Å². The SMILES string of the molecule is CCCOC(=O)c1c2cccccc-2c(C(=O)OCCC)c1OC. The zero-order chi connectivity index (χ0) is 17.5. The van der Waals surface area contributed by atoms with Crippen molar-refractivity contribution >= 4 is 11.9 Å². The van der Waals surface area contributed by atoms with Gasteiger partial charge in [-0.3, -0.25) is 0 Å². The monoisotopic (exact) mass is 330 g/mol. The summed E-state index contributed by atoms with van der Waals surface area (Å²) in [4.78, 5) is 25.0. The highest BCUT2D eigenvalue weighted by Gasteiger charge is 2.33. The summed E-state index contributed by atoms with van der Waals surface area (Å²) in [7, 11) is 1.43. The lowest BCUT2D eigenvalue weighted by atomic mass is 10.1. The third-order valence-corrected chi connectivity index (χ3v) is 3.52. The van der Waals surface area contributed by atoms with Gasteiger partial charge in [0.25, 0.3) is 0 Å². The highest BCUT2D eigenvalue weighted by atomic mass is 16.5. The van der Waals surface area contributed by atoms with Crippen LogP contribution in [0.25, 0.3) is 11.1 Å². The van der Waals surface area contributed by atoms with E-state index < -0.39 is 11.9 Å². The lowest BCUT2D eigenvalue weighted by Gasteiger charge is -2.07. The number of esters is 2. The molecular weight excluding hydrogens is 308 g/mol. The van der Waals surface area contributed by atoms with Crippen LogP contribution in [0, 0.1) is 0 Å². The first-order valence-electron chi connectivity index (χ1n) is 8.08. The normalized spacial score (nSPS) is 10.5. The quantitative estimate of drug-likeness (QED) is 0.720. The van der Waals surface area contributed by atoms with E-state index in [1.54, 1.807) is 24.3 Å². The van der Waals surface area contributed by atoms with Crippen molar-refractivity contribution in [3.05, 3.63) is 41.5 Å². The van der Waals surface area contributed by atoms with Crippen LogP contribution in [-0.2, 0) is 9.47 Å². The average Bonchev–Trinajstić information content (AvgIpc) is 2.72. The first-order chi connectivity index (χ1) is 11.7. The largest absolute Gasteiger partial charge is 0.495 e. The summed E-state index contributed by atoms with van der Waals surface area (Å²) in [6.45, 7) is 4.45. The molecule has 2 rings (SSSR count). The second kappa shape index (κ2) is 8.34. The summed E-state index contributed by atoms with van der Waals surface area (Å²) in [5.74, 6) is -0.794. The van der Waals surface area contributed by atoms with Crippen molar-refractivity contribution in [1.29, 1.82) is 0 Å². The van der Waals surface area contributed by atoms with Crippen molar-refractivity contribution in [2.75, 3.05) is 20.3 Å². The molecule has 0 amide bonds. The van der Waals surface area contributed by atoms with Crippen LogP contribution in [0.1, 0.15) is 47.4 Å². The molecule has 0 heterocycles. The molecule has 2 aliphatic carbocycles. The maximum Gasteiger partial charge on any atom is 0.342 e. The topological polar surface area (TPSA) is 61.8 Å². The van der Waals surface area contributed by atoms with Gasteiger partial charge in [-0.05, 0) is 12.8 Å². The highest BCUT2D eigenvalue weighted by Crippen LogP contribution is 2.42. The van der Waals surface area contributed by atoms with E-state index in [1.165, 1.54) is 7.11 Å². The molecule has 5 nitrogen and oxygen atoms in total. The molecule has 0 bridgehead atoms. The molecule has 0 spiro atoms. The van der Waals surface area contributed by atoms with Crippen molar-refractivity contribution in [3.63, 3.8) is 0 Å². The molecule has 5 heteroatoms. The number of methoxy groups -OCH3 is 1. The van der Waals surface area contributed by atoms with Gasteiger partial charge >= 0.3 is 11.9 Å². The average molecular weight is 330 g/mol. The molecule has 0 atom stereocenters. The molecule has 0 aromatic rings. The van der Waals surface area contributed by atoms with E-state index >= 15 is 0 Å². The van der Waals surface area contributed by atoms with Gasteiger partial charge in [-0.1, -0.05) is 44.2 Å². The van der Waals surface area contributed by atoms with E-state index in [4.69, 9.17) is 14.2 Å². The molecule has 0 unspecified atom stereocenters. The van der Waals surface area contributed by atoms with E-state index in [-0.39, 0.29) is 16.9 Å². The number of rotatable bonds is 7. The van der Waals surface area contributed by atoms with Crippen LogP contribution in [0.2, 0.25) is 0 Å². The fraction of sp³-hybridized carbons (Fsp3) is 0.368. The Kier molecular flexibility index (Phi) is 6.18. The Hall–Kier alpha value is -2.56. The summed E-state index contributed by atoms with van der Waals surface area (Å²) in [6.07, 6.45) is 1.43. The van der Waals surface area contributed by atoms with Gasteiger partial charge in [0.2, 0.25) is 0 Å². The number of fused-ring (bicyclic) bond motifs is 1. The molecule has 0 radical (unpaired) electrons. The van der Waals surface area contributed by atoms with Gasteiger partial charge in [-0.25, -0.2) is 9.59 Å². The van der Waals surface area contributed by atoms with Gasteiger partial charge < -0.3 is 14.2 Å². The highest BCUT2D eigenvalue weighted by molar-refractivity contribution is 6.12. The molecule has 128 valence electrons. The molecule has 0 saturated carbocycles. The van der Waals surface area contributed by atoms with Crippen LogP contribution in [0.5, 0.6) is 5.75 Å². The van der Waals surface area contributed by atoms with Crippen molar-refractivity contribution in [1.82, 2.24) is 0 Å². The number of carbonyl (C=O) groups excluding carboxylic acids is 2. The molecule has 0 saturated heterocycles. The third kappa shape index (κ3) is 3.50. The summed E-state index contributed by atoms with van der Waals surface area (Å²) in [5, 5.41) is 0. The number of hydrogen-bond acceptors (Lipinski definition) is 5. The molecule has 2 aliphatic rings. The van der Waals surface area contributed by atoms with Crippen molar-refractivity contribution in [2.45, 2.75) is 26.7 Å². The summed E-state index contributed by atoms with van der Waals surface area (Å²) >= 11 is 0. The van der Waals surface area contributed by atoms with Crippen LogP contribution in [0.3, 0.4) is 0 Å². The molecule has 24 heavy (non-hydrogen) atoms. The van der Waals surface area contributed by atoms with Crippen LogP contribution >= 0.6 is 0 Å². The zero-order valence-corrected chi connectivity index (χ0v) is 14.3. The first-order valence-corrected chi connectivity index (χ1v) is 8.08. The second-order valence-corrected chi connectivity index (χ2v) is 5.29. The van der Waals surface area contributed by atoms with Crippen LogP contribution in [0.4, 0.5) is 0 Å². The Balaban J connectivity index is 2.61. The zero-order valence-electron chi connectivity index (χ0n) is 14.3. The van der Waals surface area contributed by atoms with Gasteiger partial charge in [-0.2, -0.15) is 0 Å². The molecule has 0 fully saturated rings. The maximum absolute atomic E-state index is 12.5. The standard InChI is InChI=1S/C19H22O5/c1-4-11-23-18(20)15-13-9-7-6-8-10-14(13)16(17(15)22-3)19(21)24-12-5-2/h6-10H,4-5,11-12H2,1-3H3. The van der Waals surface area contributed by atoms with E-state index in [0.29, 0.717) is 37.2 Å². The van der Waals surface area contributed by atoms with Crippen LogP contribution in [0.15, 0.2) is 30.3 Å².